The second kappa shape index (κ2) is 5.45. The third kappa shape index (κ3) is 2.37. The van der Waals surface area contributed by atoms with Crippen LogP contribution in [-0.4, -0.2) is 38.9 Å². The highest BCUT2D eigenvalue weighted by Crippen LogP contribution is 2.30. The van der Waals surface area contributed by atoms with E-state index >= 15 is 0 Å². The van der Waals surface area contributed by atoms with Crippen LogP contribution >= 0.6 is 11.3 Å². The van der Waals surface area contributed by atoms with Crippen LogP contribution in [0.3, 0.4) is 0 Å². The van der Waals surface area contributed by atoms with E-state index in [9.17, 15) is 14.7 Å². The van der Waals surface area contributed by atoms with Crippen LogP contribution in [0.15, 0.2) is 29.8 Å². The van der Waals surface area contributed by atoms with Gasteiger partial charge in [-0.15, -0.1) is 16.4 Å². The maximum atomic E-state index is 11.3. The molecule has 0 aromatic carbocycles. The van der Waals surface area contributed by atoms with Crippen molar-refractivity contribution in [3.05, 3.63) is 34.7 Å². The Morgan fingerprint density at radius 3 is 2.95 bits per heavy atom. The molecule has 22 heavy (non-hydrogen) atoms. The normalized spacial score (nSPS) is 10.6. The van der Waals surface area contributed by atoms with Gasteiger partial charge in [0.2, 0.25) is 0 Å². The minimum atomic E-state index is -1.03. The number of nitrogens with one attached hydrogen (secondary N) is 1. The SMILES string of the molecule is COC(=O)Nc1nc(-c2ccsc2C(=O)O)c2cccn2n1. The number of thiophene rings is 1. The van der Waals surface area contributed by atoms with Crippen molar-refractivity contribution in [3.63, 3.8) is 0 Å². The van der Waals surface area contributed by atoms with Gasteiger partial charge in [-0.05, 0) is 23.6 Å². The molecule has 1 amide bonds. The fraction of sp³-hybridized carbons (Fsp3) is 0.0769. The van der Waals surface area contributed by atoms with E-state index in [1.165, 1.54) is 11.6 Å². The molecule has 8 nitrogen and oxygen atoms in total. The predicted molar refractivity (Wildman–Crippen MR) is 79.3 cm³/mol. The topological polar surface area (TPSA) is 106 Å². The van der Waals surface area contributed by atoms with Crippen molar-refractivity contribution in [3.8, 4) is 11.3 Å². The first-order chi connectivity index (χ1) is 10.6. The quantitative estimate of drug-likeness (QED) is 0.767. The van der Waals surface area contributed by atoms with Crippen LogP contribution in [-0.2, 0) is 4.74 Å². The third-order valence-corrected chi connectivity index (χ3v) is 3.81. The number of aromatic carboxylic acids is 1. The molecule has 0 saturated heterocycles. The highest BCUT2D eigenvalue weighted by Gasteiger charge is 2.19. The lowest BCUT2D eigenvalue weighted by molar-refractivity contribution is 0.0703. The van der Waals surface area contributed by atoms with E-state index in [0.29, 0.717) is 16.8 Å². The van der Waals surface area contributed by atoms with Crippen molar-refractivity contribution in [1.82, 2.24) is 14.6 Å². The molecule has 0 fully saturated rings. The van der Waals surface area contributed by atoms with Gasteiger partial charge >= 0.3 is 12.1 Å². The maximum Gasteiger partial charge on any atom is 0.413 e. The highest BCUT2D eigenvalue weighted by atomic mass is 32.1. The summed E-state index contributed by atoms with van der Waals surface area (Å²) in [6.45, 7) is 0. The summed E-state index contributed by atoms with van der Waals surface area (Å²) in [6.07, 6.45) is 0.969. The second-order valence-corrected chi connectivity index (χ2v) is 5.12. The zero-order chi connectivity index (χ0) is 15.7. The number of fused-ring (bicyclic) bond motifs is 1. The summed E-state index contributed by atoms with van der Waals surface area (Å²) in [7, 11) is 1.23. The third-order valence-electron chi connectivity index (χ3n) is 2.90. The van der Waals surface area contributed by atoms with Crippen LogP contribution in [0.4, 0.5) is 10.7 Å². The Hall–Kier alpha value is -2.94. The molecule has 0 aliphatic rings. The van der Waals surface area contributed by atoms with E-state index in [4.69, 9.17) is 0 Å². The summed E-state index contributed by atoms with van der Waals surface area (Å²) >= 11 is 1.11. The average molecular weight is 318 g/mol. The van der Waals surface area contributed by atoms with Crippen molar-refractivity contribution in [2.24, 2.45) is 0 Å². The number of aromatic nitrogens is 3. The Kier molecular flexibility index (Phi) is 3.47. The van der Waals surface area contributed by atoms with Gasteiger partial charge in [0.05, 0.1) is 12.6 Å². The lowest BCUT2D eigenvalue weighted by Gasteiger charge is -2.07. The molecule has 0 bridgehead atoms. The van der Waals surface area contributed by atoms with E-state index in [-0.39, 0.29) is 10.8 Å². The molecule has 0 atom stereocenters. The van der Waals surface area contributed by atoms with E-state index in [1.54, 1.807) is 29.8 Å². The molecular formula is C13H10N4O4S. The van der Waals surface area contributed by atoms with Gasteiger partial charge in [0, 0.05) is 11.8 Å². The first-order valence-electron chi connectivity index (χ1n) is 6.11. The van der Waals surface area contributed by atoms with Crippen molar-refractivity contribution >= 4 is 34.9 Å². The highest BCUT2D eigenvalue weighted by molar-refractivity contribution is 7.12. The number of carboxylic acids is 1. The van der Waals surface area contributed by atoms with Gasteiger partial charge in [-0.1, -0.05) is 0 Å². The first kappa shape index (κ1) is 14.0. The van der Waals surface area contributed by atoms with Crippen molar-refractivity contribution < 1.29 is 19.4 Å². The lowest BCUT2D eigenvalue weighted by Crippen LogP contribution is -2.15. The minimum Gasteiger partial charge on any atom is -0.477 e. The van der Waals surface area contributed by atoms with Crippen molar-refractivity contribution in [2.75, 3.05) is 12.4 Å². The summed E-state index contributed by atoms with van der Waals surface area (Å²) in [5.74, 6) is -1.01. The molecule has 0 aliphatic carbocycles. The van der Waals surface area contributed by atoms with Crippen LogP contribution in [0.25, 0.3) is 16.8 Å². The van der Waals surface area contributed by atoms with E-state index < -0.39 is 12.1 Å². The Morgan fingerprint density at radius 2 is 2.23 bits per heavy atom. The molecule has 2 N–H and O–H groups in total. The number of carbonyl (C=O) groups excluding carboxylic acids is 1. The minimum absolute atomic E-state index is 0.0214. The summed E-state index contributed by atoms with van der Waals surface area (Å²) < 4.78 is 6.02. The first-order valence-corrected chi connectivity index (χ1v) is 6.99. The number of methoxy groups -OCH3 is 1. The van der Waals surface area contributed by atoms with Gasteiger partial charge < -0.3 is 9.84 Å². The summed E-state index contributed by atoms with van der Waals surface area (Å²) in [5, 5.41) is 17.4. The number of nitrogens with zero attached hydrogens (tertiary/aromatic N) is 3. The molecule has 0 aliphatic heterocycles. The Bertz CT molecular complexity index is 870. The van der Waals surface area contributed by atoms with Crippen LogP contribution in [0.2, 0.25) is 0 Å². The largest absolute Gasteiger partial charge is 0.477 e. The van der Waals surface area contributed by atoms with Gasteiger partial charge in [-0.3, -0.25) is 5.32 Å². The molecule has 0 radical (unpaired) electrons. The Labute approximate surface area is 128 Å². The molecule has 0 spiro atoms. The monoisotopic (exact) mass is 318 g/mol. The standard InChI is InChI=1S/C13H10N4O4S/c1-21-13(20)15-12-14-9(8-3-2-5-17(8)16-12)7-4-6-22-10(7)11(18)19/h2-6H,1H3,(H,18,19)(H,15,16,20). The molecule has 0 unspecified atom stereocenters. The number of anilines is 1. The lowest BCUT2D eigenvalue weighted by atomic mass is 10.1. The van der Waals surface area contributed by atoms with Crippen LogP contribution in [0.5, 0.6) is 0 Å². The van der Waals surface area contributed by atoms with Crippen molar-refractivity contribution in [1.29, 1.82) is 0 Å². The van der Waals surface area contributed by atoms with Crippen LogP contribution in [0.1, 0.15) is 9.67 Å². The molecular weight excluding hydrogens is 308 g/mol. The van der Waals surface area contributed by atoms with Gasteiger partial charge in [-0.2, -0.15) is 0 Å². The average Bonchev–Trinajstić information content (AvgIpc) is 3.14. The number of rotatable bonds is 3. The van der Waals surface area contributed by atoms with Crippen molar-refractivity contribution in [2.45, 2.75) is 0 Å². The van der Waals surface area contributed by atoms with Crippen LogP contribution < -0.4 is 5.32 Å². The molecule has 3 aromatic rings. The molecule has 3 rings (SSSR count). The maximum absolute atomic E-state index is 11.3. The number of hydrogen-bond donors (Lipinski definition) is 2. The van der Waals surface area contributed by atoms with Gasteiger partial charge in [0.15, 0.2) is 0 Å². The zero-order valence-electron chi connectivity index (χ0n) is 11.3. The zero-order valence-corrected chi connectivity index (χ0v) is 12.1. The number of ether oxygens (including phenoxy) is 1. The Morgan fingerprint density at radius 1 is 1.41 bits per heavy atom. The second-order valence-electron chi connectivity index (χ2n) is 4.21. The fourth-order valence-electron chi connectivity index (χ4n) is 1.99. The van der Waals surface area contributed by atoms with E-state index in [2.05, 4.69) is 20.1 Å². The van der Waals surface area contributed by atoms with Gasteiger partial charge in [0.25, 0.3) is 5.95 Å². The number of carbonyl (C=O) groups is 2. The summed E-state index contributed by atoms with van der Waals surface area (Å²) in [4.78, 5) is 27.0. The van der Waals surface area contributed by atoms with E-state index in [1.807, 2.05) is 0 Å². The predicted octanol–water partition coefficient (Wildman–Crippen LogP) is 2.33. The number of amides is 1. The number of hydrogen-bond acceptors (Lipinski definition) is 6. The fourth-order valence-corrected chi connectivity index (χ4v) is 2.72. The molecule has 3 heterocycles. The molecule has 0 saturated carbocycles. The Balaban J connectivity index is 2.19. The van der Waals surface area contributed by atoms with Gasteiger partial charge in [0.1, 0.15) is 10.6 Å². The molecule has 112 valence electrons. The summed E-state index contributed by atoms with van der Waals surface area (Å²) in [5.41, 5.74) is 1.53. The van der Waals surface area contributed by atoms with E-state index in [0.717, 1.165) is 11.3 Å². The molecule has 3 aromatic heterocycles. The molecule has 9 heteroatoms. The number of carboxylic acid groups (broad SMARTS) is 1. The van der Waals surface area contributed by atoms with Gasteiger partial charge in [-0.25, -0.2) is 19.1 Å². The van der Waals surface area contributed by atoms with Crippen LogP contribution in [0, 0.1) is 0 Å². The summed E-state index contributed by atoms with van der Waals surface area (Å²) in [6, 6.07) is 5.19. The smallest absolute Gasteiger partial charge is 0.413 e.